The molecule has 0 amide bonds. The molecule has 6 nitrogen and oxygen atoms in total. The molecule has 0 saturated carbocycles. The van der Waals surface area contributed by atoms with E-state index >= 15 is 0 Å². The summed E-state index contributed by atoms with van der Waals surface area (Å²) in [4.78, 5) is 2.57. The van der Waals surface area contributed by atoms with Crippen LogP contribution in [0.5, 0.6) is 0 Å². The molecule has 2 aromatic heterocycles. The fraction of sp³-hybridized carbons (Fsp3) is 0.450. The van der Waals surface area contributed by atoms with Crippen molar-refractivity contribution < 1.29 is 0 Å². The standard InChI is InChI=1S/C20H26N6/c1-15-16(2)24-26-14-21-23-20(26)19(15)22-18-9-12-25(13-10-18)11-8-17-6-4-3-5-7-17/h3-7,14,18,22H,8-13H2,1-2H3. The first-order valence-electron chi connectivity index (χ1n) is 9.41. The Morgan fingerprint density at radius 2 is 1.88 bits per heavy atom. The monoisotopic (exact) mass is 350 g/mol. The first-order valence-corrected chi connectivity index (χ1v) is 9.41. The number of anilines is 1. The Balaban J connectivity index is 1.36. The number of hydrogen-bond acceptors (Lipinski definition) is 5. The molecule has 136 valence electrons. The second-order valence-corrected chi connectivity index (χ2v) is 7.18. The number of nitrogens with zero attached hydrogens (tertiary/aromatic N) is 5. The normalized spacial score (nSPS) is 16.2. The third-order valence-electron chi connectivity index (χ3n) is 5.43. The predicted molar refractivity (Wildman–Crippen MR) is 103 cm³/mol. The van der Waals surface area contributed by atoms with Gasteiger partial charge in [-0.3, -0.25) is 0 Å². The van der Waals surface area contributed by atoms with Gasteiger partial charge >= 0.3 is 0 Å². The molecular formula is C20H26N6. The van der Waals surface area contributed by atoms with Gasteiger partial charge in [-0.2, -0.15) is 9.61 Å². The van der Waals surface area contributed by atoms with E-state index in [4.69, 9.17) is 0 Å². The molecule has 4 rings (SSSR count). The van der Waals surface area contributed by atoms with Crippen LogP contribution < -0.4 is 5.32 Å². The smallest absolute Gasteiger partial charge is 0.200 e. The highest BCUT2D eigenvalue weighted by Crippen LogP contribution is 2.25. The Hall–Kier alpha value is -2.47. The Morgan fingerprint density at radius 3 is 2.65 bits per heavy atom. The number of benzene rings is 1. The number of likely N-dealkylation sites (tertiary alicyclic amines) is 1. The van der Waals surface area contributed by atoms with Crippen molar-refractivity contribution in [1.82, 2.24) is 24.7 Å². The molecule has 1 fully saturated rings. The maximum absolute atomic E-state index is 4.50. The van der Waals surface area contributed by atoms with Crippen LogP contribution >= 0.6 is 0 Å². The molecule has 0 radical (unpaired) electrons. The van der Waals surface area contributed by atoms with E-state index in [0.29, 0.717) is 6.04 Å². The first-order chi connectivity index (χ1) is 12.7. The summed E-state index contributed by atoms with van der Waals surface area (Å²) >= 11 is 0. The molecule has 0 atom stereocenters. The van der Waals surface area contributed by atoms with Crippen molar-refractivity contribution in [1.29, 1.82) is 0 Å². The lowest BCUT2D eigenvalue weighted by Gasteiger charge is -2.33. The SMILES string of the molecule is Cc1nn2cnnc2c(NC2CCN(CCc3ccccc3)CC2)c1C. The van der Waals surface area contributed by atoms with E-state index in [1.54, 1.807) is 10.8 Å². The zero-order valence-electron chi connectivity index (χ0n) is 15.5. The van der Waals surface area contributed by atoms with Crippen LogP contribution in [0, 0.1) is 13.8 Å². The van der Waals surface area contributed by atoms with Crippen LogP contribution in [0.4, 0.5) is 5.69 Å². The summed E-state index contributed by atoms with van der Waals surface area (Å²) in [5, 5.41) is 16.5. The van der Waals surface area contributed by atoms with Crippen LogP contribution in [0.25, 0.3) is 5.65 Å². The van der Waals surface area contributed by atoms with E-state index < -0.39 is 0 Å². The predicted octanol–water partition coefficient (Wildman–Crippen LogP) is 2.86. The van der Waals surface area contributed by atoms with E-state index in [-0.39, 0.29) is 0 Å². The van der Waals surface area contributed by atoms with E-state index in [1.807, 2.05) is 6.92 Å². The molecule has 0 spiro atoms. The number of hydrogen-bond donors (Lipinski definition) is 1. The lowest BCUT2D eigenvalue weighted by Crippen LogP contribution is -2.40. The maximum Gasteiger partial charge on any atom is 0.200 e. The second-order valence-electron chi connectivity index (χ2n) is 7.18. The molecule has 0 bridgehead atoms. The molecule has 1 aliphatic heterocycles. The number of aryl methyl sites for hydroxylation is 1. The highest BCUT2D eigenvalue weighted by molar-refractivity contribution is 5.71. The summed E-state index contributed by atoms with van der Waals surface area (Å²) in [6.45, 7) is 7.55. The van der Waals surface area contributed by atoms with Crippen molar-refractivity contribution in [3.05, 3.63) is 53.5 Å². The lowest BCUT2D eigenvalue weighted by molar-refractivity contribution is 0.221. The third-order valence-corrected chi connectivity index (χ3v) is 5.43. The molecule has 0 unspecified atom stereocenters. The minimum absolute atomic E-state index is 0.476. The van der Waals surface area contributed by atoms with Crippen molar-refractivity contribution in [3.8, 4) is 0 Å². The quantitative estimate of drug-likeness (QED) is 0.767. The summed E-state index contributed by atoms with van der Waals surface area (Å²) in [6, 6.07) is 11.2. The van der Waals surface area contributed by atoms with E-state index in [9.17, 15) is 0 Å². The zero-order valence-corrected chi connectivity index (χ0v) is 15.5. The van der Waals surface area contributed by atoms with Gasteiger partial charge in [-0.1, -0.05) is 30.3 Å². The Morgan fingerprint density at radius 1 is 1.12 bits per heavy atom. The Labute approximate surface area is 154 Å². The topological polar surface area (TPSA) is 58.4 Å². The van der Waals surface area contributed by atoms with Gasteiger partial charge in [0.05, 0.1) is 11.4 Å². The van der Waals surface area contributed by atoms with Gasteiger partial charge in [-0.25, -0.2) is 0 Å². The third kappa shape index (κ3) is 3.55. The van der Waals surface area contributed by atoms with Gasteiger partial charge in [0, 0.05) is 25.7 Å². The van der Waals surface area contributed by atoms with Crippen molar-refractivity contribution in [3.63, 3.8) is 0 Å². The number of fused-ring (bicyclic) bond motifs is 1. The summed E-state index contributed by atoms with van der Waals surface area (Å²) in [5.74, 6) is 0. The molecule has 0 aliphatic carbocycles. The minimum atomic E-state index is 0.476. The molecule has 6 heteroatoms. The van der Waals surface area contributed by atoms with Gasteiger partial charge in [0.25, 0.3) is 0 Å². The van der Waals surface area contributed by atoms with Crippen molar-refractivity contribution in [2.75, 3.05) is 25.0 Å². The second kappa shape index (κ2) is 7.41. The average molecular weight is 350 g/mol. The molecule has 1 aromatic carbocycles. The molecule has 1 N–H and O–H groups in total. The van der Waals surface area contributed by atoms with E-state index in [1.165, 1.54) is 5.56 Å². The van der Waals surface area contributed by atoms with Crippen LogP contribution in [-0.4, -0.2) is 50.4 Å². The highest BCUT2D eigenvalue weighted by atomic mass is 15.3. The Bertz CT molecular complexity index is 865. The fourth-order valence-electron chi connectivity index (χ4n) is 3.66. The van der Waals surface area contributed by atoms with Crippen LogP contribution in [-0.2, 0) is 6.42 Å². The van der Waals surface area contributed by atoms with E-state index in [2.05, 4.69) is 62.8 Å². The largest absolute Gasteiger partial charge is 0.379 e. The molecule has 3 heterocycles. The lowest BCUT2D eigenvalue weighted by atomic mass is 10.0. The van der Waals surface area contributed by atoms with Gasteiger partial charge in [-0.15, -0.1) is 10.2 Å². The zero-order chi connectivity index (χ0) is 17.9. The van der Waals surface area contributed by atoms with Gasteiger partial charge in [0.2, 0.25) is 5.65 Å². The summed E-state index contributed by atoms with van der Waals surface area (Å²) < 4.78 is 1.76. The van der Waals surface area contributed by atoms with Crippen LogP contribution in [0.2, 0.25) is 0 Å². The molecule has 26 heavy (non-hydrogen) atoms. The number of rotatable bonds is 5. The van der Waals surface area contributed by atoms with Gasteiger partial charge in [-0.05, 0) is 44.2 Å². The first kappa shape index (κ1) is 17.0. The number of nitrogens with one attached hydrogen (secondary N) is 1. The molecular weight excluding hydrogens is 324 g/mol. The average Bonchev–Trinajstić information content (AvgIpc) is 3.13. The van der Waals surface area contributed by atoms with E-state index in [0.717, 1.165) is 61.5 Å². The highest BCUT2D eigenvalue weighted by Gasteiger charge is 2.21. The molecule has 1 aliphatic rings. The molecule has 3 aromatic rings. The summed E-state index contributed by atoms with van der Waals surface area (Å²) in [6.07, 6.45) is 5.09. The summed E-state index contributed by atoms with van der Waals surface area (Å²) in [7, 11) is 0. The summed E-state index contributed by atoms with van der Waals surface area (Å²) in [5.41, 5.74) is 5.50. The van der Waals surface area contributed by atoms with Crippen LogP contribution in [0.3, 0.4) is 0 Å². The van der Waals surface area contributed by atoms with Crippen molar-refractivity contribution in [2.45, 2.75) is 39.2 Å². The number of aromatic nitrogens is 4. The van der Waals surface area contributed by atoms with Gasteiger partial charge in [0.15, 0.2) is 0 Å². The van der Waals surface area contributed by atoms with Crippen LogP contribution in [0.15, 0.2) is 36.7 Å². The number of piperidine rings is 1. The van der Waals surface area contributed by atoms with Crippen molar-refractivity contribution in [2.24, 2.45) is 0 Å². The maximum atomic E-state index is 4.50. The van der Waals surface area contributed by atoms with Gasteiger partial charge in [0.1, 0.15) is 6.33 Å². The fourth-order valence-corrected chi connectivity index (χ4v) is 3.66. The van der Waals surface area contributed by atoms with Crippen LogP contribution in [0.1, 0.15) is 29.7 Å². The molecule has 1 saturated heterocycles. The minimum Gasteiger partial charge on any atom is -0.379 e. The Kier molecular flexibility index (Phi) is 4.84. The van der Waals surface area contributed by atoms with Gasteiger partial charge < -0.3 is 10.2 Å². The van der Waals surface area contributed by atoms with Crippen molar-refractivity contribution >= 4 is 11.3 Å².